The van der Waals surface area contributed by atoms with Crippen LogP contribution in [0.25, 0.3) is 11.0 Å². The molecule has 0 fully saturated rings. The van der Waals surface area contributed by atoms with E-state index in [1.54, 1.807) is 31.3 Å². The van der Waals surface area contributed by atoms with Gasteiger partial charge in [0.25, 0.3) is 0 Å². The Morgan fingerprint density at radius 1 is 1.18 bits per heavy atom. The maximum atomic E-state index is 12.6. The Hall–Kier alpha value is -2.84. The van der Waals surface area contributed by atoms with Gasteiger partial charge in [0.2, 0.25) is 15.9 Å². The number of anilines is 2. The minimum Gasteiger partial charge on any atom is -0.464 e. The lowest BCUT2D eigenvalue weighted by Crippen LogP contribution is -2.19. The number of nitrogens with one attached hydrogen (secondary N) is 1. The second-order valence-corrected chi connectivity index (χ2v) is 8.35. The van der Waals surface area contributed by atoms with E-state index in [9.17, 15) is 13.2 Å². The zero-order chi connectivity index (χ0) is 20.5. The zero-order valence-electron chi connectivity index (χ0n) is 16.0. The summed E-state index contributed by atoms with van der Waals surface area (Å²) < 4.78 is 28.9. The first-order valence-corrected chi connectivity index (χ1v) is 10.4. The van der Waals surface area contributed by atoms with Gasteiger partial charge >= 0.3 is 0 Å². The van der Waals surface area contributed by atoms with Crippen LogP contribution in [0, 0.1) is 0 Å². The van der Waals surface area contributed by atoms with Crippen LogP contribution >= 0.6 is 0 Å². The second kappa shape index (κ2) is 7.65. The van der Waals surface area contributed by atoms with Crippen LogP contribution in [0.3, 0.4) is 0 Å². The number of rotatable bonds is 6. The molecule has 0 unspecified atom stereocenters. The molecule has 0 aliphatic heterocycles. The average molecular weight is 401 g/mol. The first kappa shape index (κ1) is 19.9. The highest BCUT2D eigenvalue weighted by atomic mass is 32.2. The van der Waals surface area contributed by atoms with E-state index in [4.69, 9.17) is 9.56 Å². The largest absolute Gasteiger partial charge is 0.464 e. The van der Waals surface area contributed by atoms with Crippen LogP contribution in [0.5, 0.6) is 0 Å². The number of aryl methyl sites for hydroxylation is 1. The fourth-order valence-electron chi connectivity index (χ4n) is 3.03. The molecule has 0 aliphatic carbocycles. The van der Waals surface area contributed by atoms with E-state index in [1.165, 1.54) is 12.1 Å². The normalized spacial score (nSPS) is 11.6. The molecule has 0 saturated heterocycles. The van der Waals surface area contributed by atoms with E-state index in [1.807, 2.05) is 18.2 Å². The molecule has 3 N–H and O–H groups in total. The number of hydrogen-bond acceptors (Lipinski definition) is 5. The Kier molecular flexibility index (Phi) is 5.44. The summed E-state index contributed by atoms with van der Waals surface area (Å²) in [6.07, 6.45) is 2.59. The minimum atomic E-state index is -3.87. The van der Waals surface area contributed by atoms with Crippen molar-refractivity contribution >= 4 is 38.3 Å². The average Bonchev–Trinajstić information content (AvgIpc) is 3.02. The van der Waals surface area contributed by atoms with E-state index < -0.39 is 10.0 Å². The van der Waals surface area contributed by atoms with Gasteiger partial charge in [-0.2, -0.15) is 0 Å². The number of amides is 1. The third kappa shape index (κ3) is 4.18. The van der Waals surface area contributed by atoms with Gasteiger partial charge in [-0.25, -0.2) is 13.6 Å². The van der Waals surface area contributed by atoms with Gasteiger partial charge in [0.15, 0.2) is 0 Å². The summed E-state index contributed by atoms with van der Waals surface area (Å²) in [7, 11) is -0.270. The molecular formula is C20H23N3O4S. The number of sulfonamides is 1. The smallest absolute Gasteiger partial charge is 0.238 e. The number of primary sulfonamides is 1. The summed E-state index contributed by atoms with van der Waals surface area (Å²) in [5, 5.41) is 8.89. The summed E-state index contributed by atoms with van der Waals surface area (Å²) in [6, 6.07) is 10.3. The molecule has 0 radical (unpaired) electrons. The van der Waals surface area contributed by atoms with Gasteiger partial charge in [0.05, 0.1) is 29.0 Å². The number of carbonyl (C=O) groups excluding carboxylic acids is 1. The topological polar surface area (TPSA) is 106 Å². The van der Waals surface area contributed by atoms with Gasteiger partial charge in [-0.05, 0) is 36.2 Å². The highest BCUT2D eigenvalue weighted by molar-refractivity contribution is 7.89. The molecule has 3 aromatic rings. The SMILES string of the molecule is CCc1ccc2c(CC(=O)Nc3cc(S(N)(=O)=O)ccc3N(C)C)coc2c1. The summed E-state index contributed by atoms with van der Waals surface area (Å²) in [4.78, 5) is 14.3. The molecule has 1 aromatic heterocycles. The molecule has 1 amide bonds. The number of hydrogen-bond donors (Lipinski definition) is 2. The van der Waals surface area contributed by atoms with Gasteiger partial charge < -0.3 is 14.6 Å². The second-order valence-electron chi connectivity index (χ2n) is 6.79. The lowest BCUT2D eigenvalue weighted by Gasteiger charge is -2.18. The molecule has 2 aromatic carbocycles. The van der Waals surface area contributed by atoms with Gasteiger partial charge in [0.1, 0.15) is 5.58 Å². The zero-order valence-corrected chi connectivity index (χ0v) is 16.8. The molecule has 7 nitrogen and oxygen atoms in total. The van der Waals surface area contributed by atoms with Crippen molar-refractivity contribution in [1.82, 2.24) is 0 Å². The van der Waals surface area contributed by atoms with Crippen molar-refractivity contribution in [2.75, 3.05) is 24.3 Å². The maximum absolute atomic E-state index is 12.6. The van der Waals surface area contributed by atoms with Crippen molar-refractivity contribution < 1.29 is 17.6 Å². The van der Waals surface area contributed by atoms with Gasteiger partial charge in [-0.15, -0.1) is 0 Å². The first-order chi connectivity index (χ1) is 13.2. The van der Waals surface area contributed by atoms with E-state index in [0.717, 1.165) is 28.5 Å². The quantitative estimate of drug-likeness (QED) is 0.661. The van der Waals surface area contributed by atoms with Crippen molar-refractivity contribution in [3.05, 3.63) is 53.8 Å². The van der Waals surface area contributed by atoms with Gasteiger partial charge in [-0.1, -0.05) is 19.1 Å². The fraction of sp³-hybridized carbons (Fsp3) is 0.250. The van der Waals surface area contributed by atoms with E-state index in [0.29, 0.717) is 11.4 Å². The van der Waals surface area contributed by atoms with Crippen LogP contribution in [0.1, 0.15) is 18.1 Å². The Labute approximate surface area is 164 Å². The van der Waals surface area contributed by atoms with Crippen molar-refractivity contribution in [1.29, 1.82) is 0 Å². The molecule has 3 rings (SSSR count). The Morgan fingerprint density at radius 3 is 2.57 bits per heavy atom. The highest BCUT2D eigenvalue weighted by Gasteiger charge is 2.16. The molecule has 0 atom stereocenters. The van der Waals surface area contributed by atoms with Crippen molar-refractivity contribution in [3.8, 4) is 0 Å². The standard InChI is InChI=1S/C20H23N3O4S/c1-4-13-5-7-16-14(12-27-19(16)9-13)10-20(24)22-17-11-15(28(21,25)26)6-8-18(17)23(2)3/h5-9,11-12H,4,10H2,1-3H3,(H,22,24)(H2,21,25,26). The monoisotopic (exact) mass is 401 g/mol. The molecule has 28 heavy (non-hydrogen) atoms. The van der Waals surface area contributed by atoms with Crippen LogP contribution < -0.4 is 15.4 Å². The lowest BCUT2D eigenvalue weighted by molar-refractivity contribution is -0.115. The predicted molar refractivity (Wildman–Crippen MR) is 110 cm³/mol. The van der Waals surface area contributed by atoms with Crippen molar-refractivity contribution in [2.24, 2.45) is 5.14 Å². The lowest BCUT2D eigenvalue weighted by atomic mass is 10.1. The third-order valence-electron chi connectivity index (χ3n) is 4.53. The number of nitrogens with two attached hydrogens (primary N) is 1. The maximum Gasteiger partial charge on any atom is 0.238 e. The fourth-order valence-corrected chi connectivity index (χ4v) is 3.57. The summed E-state index contributed by atoms with van der Waals surface area (Å²) >= 11 is 0. The Morgan fingerprint density at radius 2 is 1.93 bits per heavy atom. The number of benzene rings is 2. The van der Waals surface area contributed by atoms with E-state index in [2.05, 4.69) is 12.2 Å². The molecule has 148 valence electrons. The Bertz CT molecular complexity index is 1130. The molecule has 0 saturated carbocycles. The molecule has 1 heterocycles. The van der Waals surface area contributed by atoms with E-state index >= 15 is 0 Å². The first-order valence-electron chi connectivity index (χ1n) is 8.82. The molecule has 0 spiro atoms. The molecule has 0 aliphatic rings. The summed E-state index contributed by atoms with van der Waals surface area (Å²) in [5.41, 5.74) is 3.72. The van der Waals surface area contributed by atoms with Crippen molar-refractivity contribution in [2.45, 2.75) is 24.7 Å². The van der Waals surface area contributed by atoms with E-state index in [-0.39, 0.29) is 17.2 Å². The minimum absolute atomic E-state index is 0.0609. The molecule has 8 heteroatoms. The molecular weight excluding hydrogens is 378 g/mol. The highest BCUT2D eigenvalue weighted by Crippen LogP contribution is 2.28. The summed E-state index contributed by atoms with van der Waals surface area (Å²) in [6.45, 7) is 2.07. The number of fused-ring (bicyclic) bond motifs is 1. The predicted octanol–water partition coefficient (Wildman–Crippen LogP) is 2.89. The van der Waals surface area contributed by atoms with Crippen molar-refractivity contribution in [3.63, 3.8) is 0 Å². The van der Waals surface area contributed by atoms with Gasteiger partial charge in [0, 0.05) is 25.0 Å². The molecule has 0 bridgehead atoms. The van der Waals surface area contributed by atoms with Gasteiger partial charge in [-0.3, -0.25) is 4.79 Å². The van der Waals surface area contributed by atoms with Crippen LogP contribution in [-0.2, 0) is 27.7 Å². The summed E-state index contributed by atoms with van der Waals surface area (Å²) in [5.74, 6) is -0.281. The number of nitrogens with zero attached hydrogens (tertiary/aromatic N) is 1. The Balaban J connectivity index is 1.87. The van der Waals surface area contributed by atoms with Crippen LogP contribution in [-0.4, -0.2) is 28.4 Å². The number of furan rings is 1. The van der Waals surface area contributed by atoms with Crippen LogP contribution in [0.4, 0.5) is 11.4 Å². The van der Waals surface area contributed by atoms with Crippen LogP contribution in [0.2, 0.25) is 0 Å². The number of carbonyl (C=O) groups is 1. The van der Waals surface area contributed by atoms with Crippen LogP contribution in [0.15, 0.2) is 52.0 Å². The third-order valence-corrected chi connectivity index (χ3v) is 5.44.